The van der Waals surface area contributed by atoms with Crippen molar-refractivity contribution in [3.05, 3.63) is 29.8 Å². The van der Waals surface area contributed by atoms with Crippen molar-refractivity contribution in [2.24, 2.45) is 0 Å². The Labute approximate surface area is 111 Å². The van der Waals surface area contributed by atoms with Crippen LogP contribution in [0.1, 0.15) is 16.8 Å². The molecule has 104 valence electrons. The number of carbonyl (C=O) groups excluding carboxylic acids is 2. The molecule has 0 aromatic heterocycles. The van der Waals surface area contributed by atoms with Crippen LogP contribution in [0.2, 0.25) is 0 Å². The molecule has 0 bridgehead atoms. The van der Waals surface area contributed by atoms with Crippen LogP contribution >= 0.6 is 0 Å². The van der Waals surface area contributed by atoms with Gasteiger partial charge in [-0.1, -0.05) is 0 Å². The highest BCUT2D eigenvalue weighted by atomic mass is 16.5. The van der Waals surface area contributed by atoms with Crippen LogP contribution in [0.25, 0.3) is 0 Å². The topological polar surface area (TPSA) is 103 Å². The maximum atomic E-state index is 11.9. The third-order valence-electron chi connectivity index (χ3n) is 2.70. The van der Waals surface area contributed by atoms with Crippen molar-refractivity contribution in [2.45, 2.75) is 12.5 Å². The number of rotatable bonds is 8. The van der Waals surface area contributed by atoms with Gasteiger partial charge in [0.1, 0.15) is 11.8 Å². The van der Waals surface area contributed by atoms with Crippen LogP contribution in [-0.4, -0.2) is 43.2 Å². The van der Waals surface area contributed by atoms with Gasteiger partial charge < -0.3 is 25.1 Å². The molecule has 0 saturated carbocycles. The number of aliphatic hydroxyl groups excluding tert-OH is 1. The number of ether oxygens (including phenoxy) is 1. The van der Waals surface area contributed by atoms with Gasteiger partial charge in [0.15, 0.2) is 5.78 Å². The highest BCUT2D eigenvalue weighted by Crippen LogP contribution is 2.12. The van der Waals surface area contributed by atoms with E-state index < -0.39 is 12.0 Å². The van der Waals surface area contributed by atoms with Gasteiger partial charge in [-0.15, -0.1) is 0 Å². The Bertz CT molecular complexity index is 429. The predicted molar refractivity (Wildman–Crippen MR) is 64.6 cm³/mol. The van der Waals surface area contributed by atoms with Crippen LogP contribution in [0.4, 0.5) is 0 Å². The lowest BCUT2D eigenvalue weighted by Crippen LogP contribution is -2.94. The number of quaternary nitrogens is 1. The second kappa shape index (κ2) is 7.50. The number of aliphatic carboxylic acids is 1. The quantitative estimate of drug-likeness (QED) is 0.527. The first-order chi connectivity index (χ1) is 9.08. The number of hydrogen-bond acceptors (Lipinski definition) is 5. The van der Waals surface area contributed by atoms with Crippen molar-refractivity contribution in [3.63, 3.8) is 0 Å². The van der Waals surface area contributed by atoms with E-state index in [0.29, 0.717) is 11.3 Å². The van der Waals surface area contributed by atoms with Crippen molar-refractivity contribution < 1.29 is 29.9 Å². The predicted octanol–water partition coefficient (Wildman–Crippen LogP) is -2.06. The monoisotopic (exact) mass is 267 g/mol. The third kappa shape index (κ3) is 4.69. The van der Waals surface area contributed by atoms with E-state index in [9.17, 15) is 14.7 Å². The maximum Gasteiger partial charge on any atom is 0.169 e. The minimum Gasteiger partial charge on any atom is -0.544 e. The molecular formula is C13H17NO5. The number of aliphatic hydroxyl groups is 1. The van der Waals surface area contributed by atoms with Crippen molar-refractivity contribution in [2.75, 3.05) is 20.3 Å². The first-order valence-electron chi connectivity index (χ1n) is 5.90. The Morgan fingerprint density at radius 3 is 2.47 bits per heavy atom. The molecule has 1 atom stereocenters. The molecule has 3 N–H and O–H groups in total. The summed E-state index contributed by atoms with van der Waals surface area (Å²) in [6.45, 7) is 0.0645. The maximum absolute atomic E-state index is 11.9. The van der Waals surface area contributed by atoms with E-state index in [2.05, 4.69) is 0 Å². The molecule has 1 unspecified atom stereocenters. The van der Waals surface area contributed by atoms with Gasteiger partial charge in [0, 0.05) is 5.56 Å². The molecule has 19 heavy (non-hydrogen) atoms. The largest absolute Gasteiger partial charge is 0.544 e. The van der Waals surface area contributed by atoms with Gasteiger partial charge in [0.25, 0.3) is 0 Å². The summed E-state index contributed by atoms with van der Waals surface area (Å²) in [6.07, 6.45) is -0.172. The summed E-state index contributed by atoms with van der Waals surface area (Å²) in [7, 11) is 1.52. The van der Waals surface area contributed by atoms with Crippen LogP contribution in [-0.2, 0) is 4.79 Å². The van der Waals surface area contributed by atoms with Gasteiger partial charge >= 0.3 is 0 Å². The molecule has 0 fully saturated rings. The van der Waals surface area contributed by atoms with Crippen molar-refractivity contribution >= 4 is 11.8 Å². The smallest absolute Gasteiger partial charge is 0.169 e. The molecule has 1 aromatic rings. The first kappa shape index (κ1) is 15.1. The summed E-state index contributed by atoms with van der Waals surface area (Å²) in [5.74, 6) is -0.971. The summed E-state index contributed by atoms with van der Waals surface area (Å²) in [6, 6.07) is 5.46. The molecule has 0 radical (unpaired) electrons. The van der Waals surface area contributed by atoms with Crippen molar-refractivity contribution in [3.8, 4) is 5.75 Å². The zero-order chi connectivity index (χ0) is 14.3. The molecule has 0 aliphatic rings. The number of carboxylic acid groups (broad SMARTS) is 1. The number of hydrogen-bond donors (Lipinski definition) is 2. The summed E-state index contributed by atoms with van der Waals surface area (Å²) in [5, 5.41) is 20.9. The molecule has 0 heterocycles. The SMILES string of the molecule is COc1ccc(C(=O)CC([NH2+]CCO)C(=O)[O-])cc1. The van der Waals surface area contributed by atoms with E-state index in [1.807, 2.05) is 0 Å². The van der Waals surface area contributed by atoms with Crippen LogP contribution in [0.3, 0.4) is 0 Å². The number of Topliss-reactive ketones (excluding diaryl/α,β-unsaturated/α-hetero) is 1. The molecule has 1 aromatic carbocycles. The Morgan fingerprint density at radius 1 is 1.37 bits per heavy atom. The fraction of sp³-hybridized carbons (Fsp3) is 0.385. The zero-order valence-corrected chi connectivity index (χ0v) is 10.7. The highest BCUT2D eigenvalue weighted by molar-refractivity contribution is 5.98. The minimum absolute atomic E-state index is 0.152. The average Bonchev–Trinajstić information content (AvgIpc) is 2.43. The summed E-state index contributed by atoms with van der Waals surface area (Å²) in [5.41, 5.74) is 0.421. The second-order valence-electron chi connectivity index (χ2n) is 4.03. The van der Waals surface area contributed by atoms with Gasteiger partial charge in [-0.25, -0.2) is 0 Å². The van der Waals surface area contributed by atoms with E-state index in [1.165, 1.54) is 12.4 Å². The Balaban J connectivity index is 2.67. The van der Waals surface area contributed by atoms with Gasteiger partial charge in [-0.3, -0.25) is 4.79 Å². The number of nitrogens with two attached hydrogens (primary N) is 1. The van der Waals surface area contributed by atoms with Crippen LogP contribution in [0, 0.1) is 0 Å². The number of carboxylic acids is 1. The average molecular weight is 267 g/mol. The van der Waals surface area contributed by atoms with E-state index in [-0.39, 0.29) is 25.4 Å². The van der Waals surface area contributed by atoms with Crippen LogP contribution < -0.4 is 15.2 Å². The number of benzene rings is 1. The van der Waals surface area contributed by atoms with E-state index in [4.69, 9.17) is 9.84 Å². The number of ketones is 1. The summed E-state index contributed by atoms with van der Waals surface area (Å²) >= 11 is 0. The first-order valence-corrected chi connectivity index (χ1v) is 5.90. The molecule has 0 aliphatic carbocycles. The van der Waals surface area contributed by atoms with Crippen molar-refractivity contribution in [1.29, 1.82) is 0 Å². The molecule has 6 heteroatoms. The standard InChI is InChI=1S/C13H17NO5/c1-19-10-4-2-9(3-5-10)12(16)8-11(13(17)18)14-6-7-15/h2-5,11,14-15H,6-8H2,1H3,(H,17,18). The molecule has 0 spiro atoms. The molecule has 1 rings (SSSR count). The van der Waals surface area contributed by atoms with Gasteiger partial charge in [-0.05, 0) is 24.3 Å². The molecular weight excluding hydrogens is 250 g/mol. The number of carbonyl (C=O) groups is 2. The lowest BCUT2D eigenvalue weighted by Gasteiger charge is -2.15. The van der Waals surface area contributed by atoms with Gasteiger partial charge in [-0.2, -0.15) is 0 Å². The third-order valence-corrected chi connectivity index (χ3v) is 2.70. The highest BCUT2D eigenvalue weighted by Gasteiger charge is 2.18. The normalized spacial score (nSPS) is 11.9. The van der Waals surface area contributed by atoms with Crippen LogP contribution in [0.15, 0.2) is 24.3 Å². The van der Waals surface area contributed by atoms with Crippen molar-refractivity contribution in [1.82, 2.24) is 0 Å². The lowest BCUT2D eigenvalue weighted by molar-refractivity contribution is -0.683. The summed E-state index contributed by atoms with van der Waals surface area (Å²) in [4.78, 5) is 22.8. The molecule has 6 nitrogen and oxygen atoms in total. The van der Waals surface area contributed by atoms with Crippen LogP contribution in [0.5, 0.6) is 5.75 Å². The second-order valence-corrected chi connectivity index (χ2v) is 4.03. The molecule has 0 amide bonds. The molecule has 0 saturated heterocycles. The molecule has 0 aliphatic heterocycles. The summed E-state index contributed by atoms with van der Waals surface area (Å²) < 4.78 is 4.97. The Kier molecular flexibility index (Phi) is 5.98. The van der Waals surface area contributed by atoms with E-state index in [1.54, 1.807) is 24.3 Å². The van der Waals surface area contributed by atoms with E-state index in [0.717, 1.165) is 0 Å². The fourth-order valence-electron chi connectivity index (χ4n) is 1.63. The fourth-order valence-corrected chi connectivity index (χ4v) is 1.63. The van der Waals surface area contributed by atoms with E-state index >= 15 is 0 Å². The number of methoxy groups -OCH3 is 1. The Morgan fingerprint density at radius 2 is 2.00 bits per heavy atom. The minimum atomic E-state index is -1.31. The lowest BCUT2D eigenvalue weighted by atomic mass is 10.0. The zero-order valence-electron chi connectivity index (χ0n) is 10.7. The van der Waals surface area contributed by atoms with Gasteiger partial charge in [0.2, 0.25) is 0 Å². The van der Waals surface area contributed by atoms with Gasteiger partial charge in [0.05, 0.1) is 32.7 Å². The Hall–Kier alpha value is -1.92.